The number of furan rings is 1. The monoisotopic (exact) mass is 358 g/mol. The molecule has 1 aliphatic heterocycles. The van der Waals surface area contributed by atoms with E-state index in [-0.39, 0.29) is 6.17 Å². The first-order chi connectivity index (χ1) is 13.1. The van der Waals surface area contributed by atoms with E-state index in [9.17, 15) is 0 Å². The fourth-order valence-electron chi connectivity index (χ4n) is 4.30. The lowest BCUT2D eigenvalue weighted by atomic mass is 10.1. The van der Waals surface area contributed by atoms with Gasteiger partial charge in [-0.3, -0.25) is 4.90 Å². The van der Waals surface area contributed by atoms with Gasteiger partial charge in [0.2, 0.25) is 0 Å². The lowest BCUT2D eigenvalue weighted by molar-refractivity contribution is 0.598. The minimum Gasteiger partial charge on any atom is -0.454 e. The number of para-hydroxylation sites is 1. The van der Waals surface area contributed by atoms with Gasteiger partial charge in [-0.2, -0.15) is 0 Å². The second-order valence-corrected chi connectivity index (χ2v) is 7.41. The number of hydrogen-bond acceptors (Lipinski definition) is 5. The second kappa shape index (κ2) is 5.71. The molecule has 5 nitrogen and oxygen atoms in total. The van der Waals surface area contributed by atoms with E-state index in [1.54, 1.807) is 12.4 Å². The molecular weight excluding hydrogens is 336 g/mol. The van der Waals surface area contributed by atoms with E-state index in [2.05, 4.69) is 71.7 Å². The molecule has 0 saturated carbocycles. The predicted molar refractivity (Wildman–Crippen MR) is 110 cm³/mol. The first-order valence-corrected chi connectivity index (χ1v) is 9.37. The molecule has 0 fully saturated rings. The van der Waals surface area contributed by atoms with Crippen molar-refractivity contribution in [2.75, 3.05) is 9.80 Å². The third kappa shape index (κ3) is 2.17. The molecule has 1 unspecified atom stereocenters. The molecule has 5 heteroatoms. The molecule has 5 rings (SSSR count). The Kier molecular flexibility index (Phi) is 3.41. The molecule has 0 radical (unpaired) electrons. The Balaban J connectivity index is 1.82. The molecule has 0 N–H and O–H groups in total. The van der Waals surface area contributed by atoms with Crippen molar-refractivity contribution in [2.24, 2.45) is 0 Å². The smallest absolute Gasteiger partial charge is 0.178 e. The van der Waals surface area contributed by atoms with Gasteiger partial charge in [0.25, 0.3) is 0 Å². The molecule has 2 aromatic heterocycles. The number of nitrogens with zero attached hydrogens (tertiary/aromatic N) is 4. The van der Waals surface area contributed by atoms with Crippen molar-refractivity contribution in [3.8, 4) is 0 Å². The molecule has 1 aliphatic rings. The summed E-state index contributed by atoms with van der Waals surface area (Å²) < 4.78 is 6.33. The number of hydrogen-bond donors (Lipinski definition) is 0. The summed E-state index contributed by atoms with van der Waals surface area (Å²) >= 11 is 0. The second-order valence-electron chi connectivity index (χ2n) is 7.41. The van der Waals surface area contributed by atoms with E-state index in [1.807, 2.05) is 12.1 Å². The largest absolute Gasteiger partial charge is 0.454 e. The summed E-state index contributed by atoms with van der Waals surface area (Å²) in [5, 5.41) is 2.27. The van der Waals surface area contributed by atoms with Crippen molar-refractivity contribution in [2.45, 2.75) is 39.9 Å². The topological polar surface area (TPSA) is 45.4 Å². The molecule has 4 aromatic rings. The van der Waals surface area contributed by atoms with Crippen LogP contribution in [0.4, 0.5) is 17.3 Å². The fourth-order valence-corrected chi connectivity index (χ4v) is 4.30. The van der Waals surface area contributed by atoms with Crippen molar-refractivity contribution >= 4 is 39.3 Å². The lowest BCUT2D eigenvalue weighted by Gasteiger charge is -2.32. The summed E-state index contributed by atoms with van der Waals surface area (Å²) in [6, 6.07) is 12.8. The zero-order valence-electron chi connectivity index (χ0n) is 16.0. The molecule has 0 bridgehead atoms. The summed E-state index contributed by atoms with van der Waals surface area (Å²) in [6.07, 6.45) is 3.62. The van der Waals surface area contributed by atoms with Crippen LogP contribution in [0.25, 0.3) is 21.9 Å². The van der Waals surface area contributed by atoms with Gasteiger partial charge < -0.3 is 9.32 Å². The third-order valence-electron chi connectivity index (χ3n) is 5.43. The lowest BCUT2D eigenvalue weighted by Crippen LogP contribution is -2.42. The molecular formula is C22H22N4O. The molecule has 0 aliphatic carbocycles. The van der Waals surface area contributed by atoms with Crippen LogP contribution in [-0.4, -0.2) is 22.2 Å². The molecule has 0 spiro atoms. The molecule has 1 atom stereocenters. The normalized spacial score (nSPS) is 16.7. The Morgan fingerprint density at radius 3 is 2.48 bits per heavy atom. The summed E-state index contributed by atoms with van der Waals surface area (Å²) in [5.74, 6) is 1.81. The van der Waals surface area contributed by atoms with Crippen molar-refractivity contribution < 1.29 is 4.42 Å². The van der Waals surface area contributed by atoms with E-state index >= 15 is 0 Å². The van der Waals surface area contributed by atoms with Crippen LogP contribution in [0.2, 0.25) is 0 Å². The minimum atomic E-state index is 0.0971. The summed E-state index contributed by atoms with van der Waals surface area (Å²) in [7, 11) is 0. The van der Waals surface area contributed by atoms with Crippen LogP contribution in [-0.2, 0) is 0 Å². The first-order valence-electron chi connectivity index (χ1n) is 9.37. The predicted octanol–water partition coefficient (Wildman–Crippen LogP) is 5.40. The van der Waals surface area contributed by atoms with Crippen LogP contribution in [0.1, 0.15) is 26.3 Å². The van der Waals surface area contributed by atoms with Crippen LogP contribution in [0.3, 0.4) is 0 Å². The van der Waals surface area contributed by atoms with Crippen LogP contribution in [0.15, 0.2) is 53.2 Å². The van der Waals surface area contributed by atoms with Gasteiger partial charge in [0.05, 0.1) is 5.69 Å². The highest BCUT2D eigenvalue weighted by Crippen LogP contribution is 2.47. The van der Waals surface area contributed by atoms with E-state index in [0.717, 1.165) is 44.8 Å². The zero-order chi connectivity index (χ0) is 18.7. The van der Waals surface area contributed by atoms with Gasteiger partial charge in [-0.05, 0) is 39.3 Å². The maximum atomic E-state index is 6.33. The summed E-state index contributed by atoms with van der Waals surface area (Å²) in [6.45, 7) is 8.70. The van der Waals surface area contributed by atoms with E-state index in [4.69, 9.17) is 4.42 Å². The molecule has 2 aromatic carbocycles. The molecule has 0 amide bonds. The Morgan fingerprint density at radius 2 is 1.70 bits per heavy atom. The molecule has 136 valence electrons. The number of aromatic nitrogens is 2. The average molecular weight is 358 g/mol. The quantitative estimate of drug-likeness (QED) is 0.480. The Bertz CT molecular complexity index is 1160. The van der Waals surface area contributed by atoms with Gasteiger partial charge in [-0.1, -0.05) is 30.3 Å². The molecule has 27 heavy (non-hydrogen) atoms. The first kappa shape index (κ1) is 16.1. The van der Waals surface area contributed by atoms with Crippen molar-refractivity contribution in [1.29, 1.82) is 0 Å². The Labute approximate surface area is 158 Å². The maximum Gasteiger partial charge on any atom is 0.178 e. The number of rotatable bonds is 2. The molecule has 0 saturated heterocycles. The van der Waals surface area contributed by atoms with Gasteiger partial charge in [-0.25, -0.2) is 9.97 Å². The highest BCUT2D eigenvalue weighted by atomic mass is 16.3. The third-order valence-corrected chi connectivity index (χ3v) is 5.43. The number of anilines is 3. The van der Waals surface area contributed by atoms with Gasteiger partial charge >= 0.3 is 0 Å². The minimum absolute atomic E-state index is 0.0971. The Morgan fingerprint density at radius 1 is 0.963 bits per heavy atom. The van der Waals surface area contributed by atoms with Gasteiger partial charge in [0, 0.05) is 29.2 Å². The zero-order valence-corrected chi connectivity index (χ0v) is 16.0. The number of aryl methyl sites for hydroxylation is 1. The van der Waals surface area contributed by atoms with Crippen LogP contribution >= 0.6 is 0 Å². The van der Waals surface area contributed by atoms with E-state index in [1.165, 1.54) is 0 Å². The number of fused-ring (bicyclic) bond motifs is 4. The van der Waals surface area contributed by atoms with Crippen molar-refractivity contribution in [1.82, 2.24) is 9.97 Å². The van der Waals surface area contributed by atoms with Crippen molar-refractivity contribution in [3.05, 3.63) is 54.4 Å². The summed E-state index contributed by atoms with van der Waals surface area (Å²) in [5.41, 5.74) is 4.05. The van der Waals surface area contributed by atoms with E-state index in [0.29, 0.717) is 6.04 Å². The number of benzene rings is 2. The summed E-state index contributed by atoms with van der Waals surface area (Å²) in [4.78, 5) is 13.9. The van der Waals surface area contributed by atoms with E-state index < -0.39 is 0 Å². The molecule has 3 heterocycles. The fraction of sp³-hybridized carbons (Fsp3) is 0.273. The van der Waals surface area contributed by atoms with Gasteiger partial charge in [-0.15, -0.1) is 0 Å². The van der Waals surface area contributed by atoms with Crippen LogP contribution in [0.5, 0.6) is 0 Å². The SMILES string of the molecule is Cc1ccc2c(oc3ccccc32)c1N1c2nccnc2N(C(C)C)C1C. The van der Waals surface area contributed by atoms with Crippen molar-refractivity contribution in [3.63, 3.8) is 0 Å². The standard InChI is InChI=1S/C22H22N4O/c1-13(2)25-15(4)26(22-21(25)23-11-12-24-22)19-14(3)9-10-17-16-7-5-6-8-18(16)27-20(17)19/h5-13,15H,1-4H3. The highest BCUT2D eigenvalue weighted by molar-refractivity contribution is 6.10. The maximum absolute atomic E-state index is 6.33. The van der Waals surface area contributed by atoms with Crippen LogP contribution in [0, 0.1) is 6.92 Å². The highest BCUT2D eigenvalue weighted by Gasteiger charge is 2.39. The van der Waals surface area contributed by atoms with Gasteiger partial charge in [0.15, 0.2) is 17.2 Å². The Hall–Kier alpha value is -3.08. The van der Waals surface area contributed by atoms with Crippen LogP contribution < -0.4 is 9.80 Å². The average Bonchev–Trinajstić information content (AvgIpc) is 3.17. The van der Waals surface area contributed by atoms with Gasteiger partial charge in [0.1, 0.15) is 11.7 Å².